The number of hydrogen-bond acceptors (Lipinski definition) is 33. The molecule has 8 aromatic rings. The number of primary amides is 1. The van der Waals surface area contributed by atoms with Gasteiger partial charge in [-0.15, -0.1) is 70.7 Å². The SMILES string of the molecule is C=C(NC(=O)c1csc(-c2nc3c(cc2O[P+](N2CCCC2)(N2CCCC2)N2CCCC2)-c2nc(cs2)C(=O)NC(C(C)O)C(=O)N/C(=C(\C)OC)c2nc(cs2)C(=O)NC2c4nc(cs4)C(=O)NC(COC(=O)c4c5c6c(cccc6n4O)COC(=O)C(OC4CC(C)(O)C(N(C)C)C(C)O4)C2OC5)c2nc-3cs2)n1)C(N)=O. The molecule has 10 atom stereocenters. The van der Waals surface area contributed by atoms with Crippen molar-refractivity contribution in [1.29, 1.82) is 0 Å². The lowest BCUT2D eigenvalue weighted by atomic mass is 9.85. The van der Waals surface area contributed by atoms with Crippen LogP contribution in [0.1, 0.15) is 163 Å². The van der Waals surface area contributed by atoms with E-state index in [1.807, 2.05) is 0 Å². The zero-order chi connectivity index (χ0) is 80.3. The van der Waals surface area contributed by atoms with Gasteiger partial charge in [-0.05, 0) is 91.9 Å². The van der Waals surface area contributed by atoms with Crippen molar-refractivity contribution >= 4 is 129 Å². The number of nitrogens with one attached hydrogen (secondary N) is 5. The number of benzene rings is 1. The Morgan fingerprint density at radius 2 is 1.39 bits per heavy atom. The quantitative estimate of drug-likeness (QED) is 0.0184. The van der Waals surface area contributed by atoms with E-state index in [1.54, 1.807) is 56.4 Å². The van der Waals surface area contributed by atoms with E-state index in [2.05, 4.69) is 52.2 Å². The molecule has 0 radical (unpaired) electrons. The maximum atomic E-state index is 15.4. The van der Waals surface area contributed by atoms with E-state index < -0.39 is 141 Å². The van der Waals surface area contributed by atoms with Crippen LogP contribution in [0.5, 0.6) is 5.75 Å². The summed E-state index contributed by atoms with van der Waals surface area (Å²) >= 11 is 4.89. The topological polar surface area (TPSA) is 443 Å². The molecule has 6 amide bonds. The minimum atomic E-state index is -3.01. The molecule has 10 N–H and O–H groups in total. The highest BCUT2D eigenvalue weighted by Crippen LogP contribution is 2.71. The van der Waals surface area contributed by atoms with Crippen LogP contribution in [0.4, 0.5) is 0 Å². The van der Waals surface area contributed by atoms with Gasteiger partial charge in [-0.2, -0.15) is 4.73 Å². The normalized spacial score (nSPS) is 25.1. The number of nitrogens with zero attached hydrogens (tertiary/aromatic N) is 11. The molecule has 7 aliphatic rings. The second-order valence-corrected chi connectivity index (χ2v) is 36.2. The van der Waals surface area contributed by atoms with E-state index in [-0.39, 0.29) is 116 Å². The molecule has 7 aliphatic heterocycles. The Kier molecular flexibility index (Phi) is 23.0. The summed E-state index contributed by atoms with van der Waals surface area (Å²) in [7, 11) is 1.89. The number of hydrogen-bond donors (Lipinski definition) is 9. The van der Waals surface area contributed by atoms with Crippen molar-refractivity contribution < 1.29 is 86.7 Å². The molecule has 114 heavy (non-hydrogen) atoms. The molecule has 41 heteroatoms. The number of methoxy groups -OCH3 is 1. The number of allylic oxidation sites excluding steroid dienone is 1. The number of rotatable bonds is 14. The Labute approximate surface area is 672 Å². The van der Waals surface area contributed by atoms with Crippen molar-refractivity contribution in [3.05, 3.63) is 124 Å². The average Bonchev–Trinajstić information content (AvgIpc) is 1.50. The van der Waals surface area contributed by atoms with Gasteiger partial charge in [-0.3, -0.25) is 33.3 Å². The summed E-state index contributed by atoms with van der Waals surface area (Å²) in [6.07, 6.45) is -2.05. The number of carbonyl (C=O) groups is 8. The van der Waals surface area contributed by atoms with Crippen LogP contribution in [0.3, 0.4) is 0 Å². The predicted octanol–water partition coefficient (Wildman–Crippen LogP) is 6.53. The molecule has 1 aromatic carbocycles. The third-order valence-corrected chi connectivity index (χ3v) is 29.2. The van der Waals surface area contributed by atoms with Gasteiger partial charge in [0.05, 0.1) is 48.8 Å². The minimum Gasteiger partial charge on any atom is -0.499 e. The summed E-state index contributed by atoms with van der Waals surface area (Å²) in [5, 5.41) is 57.7. The predicted molar refractivity (Wildman–Crippen MR) is 418 cm³/mol. The van der Waals surface area contributed by atoms with Gasteiger partial charge in [0, 0.05) is 95.2 Å². The average molecular weight is 1680 g/mol. The van der Waals surface area contributed by atoms with Crippen molar-refractivity contribution in [3.8, 4) is 38.4 Å². The Hall–Kier alpha value is -9.23. The van der Waals surface area contributed by atoms with Gasteiger partial charge < -0.3 is 81.1 Å². The first kappa shape index (κ1) is 80.0. The Morgan fingerprint density at radius 3 is 2.05 bits per heavy atom. The van der Waals surface area contributed by atoms with E-state index in [4.69, 9.17) is 63.6 Å². The number of thiazole rings is 5. The summed E-state index contributed by atoms with van der Waals surface area (Å²) in [5.74, 6) is -7.26. The van der Waals surface area contributed by atoms with Crippen LogP contribution in [-0.4, -0.2) is 232 Å². The maximum absolute atomic E-state index is 15.4. The summed E-state index contributed by atoms with van der Waals surface area (Å²) < 4.78 is 54.1. The number of aromatic nitrogens is 7. The Bertz CT molecular complexity index is 5110. The third-order valence-electron chi connectivity index (χ3n) is 20.9. The highest BCUT2D eigenvalue weighted by atomic mass is 32.1. The molecule has 4 saturated heterocycles. The van der Waals surface area contributed by atoms with Crippen LogP contribution in [0.25, 0.3) is 49.3 Å². The van der Waals surface area contributed by atoms with E-state index in [0.29, 0.717) is 10.3 Å². The molecule has 12 bridgehead atoms. The van der Waals surface area contributed by atoms with Crippen LogP contribution in [0, 0.1) is 0 Å². The second-order valence-electron chi connectivity index (χ2n) is 28.9. The summed E-state index contributed by atoms with van der Waals surface area (Å²) in [6, 6.07) is 1.22. The van der Waals surface area contributed by atoms with Crippen molar-refractivity contribution in [3.63, 3.8) is 0 Å². The molecule has 15 rings (SSSR count). The van der Waals surface area contributed by atoms with Crippen molar-refractivity contribution in [2.24, 2.45) is 5.73 Å². The van der Waals surface area contributed by atoms with Gasteiger partial charge in [0.25, 0.3) is 29.5 Å². The van der Waals surface area contributed by atoms with Crippen molar-refractivity contribution in [2.75, 3.05) is 67.1 Å². The summed E-state index contributed by atoms with van der Waals surface area (Å²) in [5.41, 5.74) is 3.32. The number of nitrogens with two attached hydrogens (primary N) is 1. The largest absolute Gasteiger partial charge is 0.499 e. The van der Waals surface area contributed by atoms with E-state index in [9.17, 15) is 34.6 Å². The number of fused-ring (bicyclic) bond motifs is 15. The van der Waals surface area contributed by atoms with Crippen molar-refractivity contribution in [1.82, 2.24) is 80.1 Å². The van der Waals surface area contributed by atoms with Gasteiger partial charge in [-0.1, -0.05) is 18.7 Å². The van der Waals surface area contributed by atoms with Crippen LogP contribution < -0.4 is 36.8 Å². The van der Waals surface area contributed by atoms with Crippen LogP contribution in [0.2, 0.25) is 0 Å². The van der Waals surface area contributed by atoms with Gasteiger partial charge in [-0.25, -0.2) is 39.5 Å². The molecule has 0 spiro atoms. The highest BCUT2D eigenvalue weighted by Gasteiger charge is 2.63. The molecule has 0 saturated carbocycles. The fraction of sp³-hybridized carbons (Fsp3) is 0.452. The van der Waals surface area contributed by atoms with E-state index in [1.165, 1.54) is 48.5 Å². The second kappa shape index (κ2) is 32.8. The molecule has 35 nitrogen and oxygen atoms in total. The van der Waals surface area contributed by atoms with Crippen LogP contribution >= 0.6 is 64.6 Å². The number of cyclic esters (lactones) is 2. The molecule has 0 aliphatic carbocycles. The zero-order valence-electron chi connectivity index (χ0n) is 62.9. The molecule has 602 valence electrons. The number of esters is 2. The molecular formula is C73H83N17O18PS5+. The number of pyridine rings is 1. The monoisotopic (exact) mass is 1680 g/mol. The van der Waals surface area contributed by atoms with Gasteiger partial charge in [0.1, 0.15) is 114 Å². The van der Waals surface area contributed by atoms with Crippen molar-refractivity contribution in [2.45, 2.75) is 146 Å². The number of carbonyl (C=O) groups excluding carboxylic acids is 8. The van der Waals surface area contributed by atoms with Gasteiger partial charge in [0.15, 0.2) is 18.1 Å². The van der Waals surface area contributed by atoms with E-state index in [0.717, 1.165) is 134 Å². The molecular weight excluding hydrogens is 1590 g/mol. The summed E-state index contributed by atoms with van der Waals surface area (Å²) in [4.78, 5) is 149. The smallest absolute Gasteiger partial charge is 0.417 e. The van der Waals surface area contributed by atoms with Gasteiger partial charge in [0.2, 0.25) is 11.7 Å². The third kappa shape index (κ3) is 15.5. The number of likely N-dealkylation sites (N-methyl/N-ethyl adjacent to an activating group) is 1. The maximum Gasteiger partial charge on any atom is 0.417 e. The van der Waals surface area contributed by atoms with E-state index >= 15 is 19.2 Å². The number of amides is 6. The fourth-order valence-corrected chi connectivity index (χ4v) is 23.9. The number of aliphatic hydroxyl groups is 2. The Morgan fingerprint density at radius 1 is 0.781 bits per heavy atom. The highest BCUT2D eigenvalue weighted by molar-refractivity contribution is 7.64. The van der Waals surface area contributed by atoms with Gasteiger partial charge >= 0.3 is 19.9 Å². The first-order valence-corrected chi connectivity index (χ1v) is 42.8. The minimum absolute atomic E-state index is 0.000460. The lowest BCUT2D eigenvalue weighted by Crippen LogP contribution is -2.62. The fourth-order valence-electron chi connectivity index (χ4n) is 15.5. The molecule has 10 unspecified atom stereocenters. The van der Waals surface area contributed by atoms with Crippen LogP contribution in [0.15, 0.2) is 69.2 Å². The first-order chi connectivity index (χ1) is 54.7. The molecule has 4 fully saturated rings. The Balaban J connectivity index is 0.930. The standard InChI is InChI=1S/C73H82N17O18PS5/c1-34(60(74)92)75-61(93)43-31-113-69(80-43)54-48(108-109(87-18-9-10-19-87,88-20-11-12-21-88)89-22-13-14-23-89)24-39-53(82-54)42-29-111-67(77-42)41-28-105-71(98)56-40-27-103-57(58(107-49-25-73(5,100)59(86(6)7)37(4)106-49)72(99)104-26-38-16-15-17-47(50(38)40)90(56)101)55(70-81-44(32-114-70)62(94)76-41)85-64(96)46-33-112-68(79-46)52(36(3)102-8)84-65(97)51(35(2)91)83-63(95)45-30-110-66(39)78-45/h15-17,24,29-33,35,37,41,49,51,55,57-59,91,100-101H,1,9-14,18-23,25-28H2,2-8H3,(H6-,74,75,76,83,84,85,92,93,94,95,96,97)/p+1/b52-36+. The summed E-state index contributed by atoms with van der Waals surface area (Å²) in [6.45, 7) is 12.4. The zero-order valence-corrected chi connectivity index (χ0v) is 67.8. The first-order valence-electron chi connectivity index (χ1n) is 36.8. The molecule has 7 aromatic heterocycles. The lowest BCUT2D eigenvalue weighted by Gasteiger charge is -2.48. The lowest BCUT2D eigenvalue weighted by molar-refractivity contribution is -0.280. The molecule has 14 heterocycles. The van der Waals surface area contributed by atoms with Crippen LogP contribution in [-0.2, 0) is 56.0 Å². The number of ether oxygens (including phenoxy) is 6. The number of aliphatic hydroxyl groups excluding tert-OH is 1.